The third-order valence-electron chi connectivity index (χ3n) is 6.30. The molecule has 174 valence electrons. The molecule has 0 atom stereocenters. The summed E-state index contributed by atoms with van der Waals surface area (Å²) < 4.78 is 23.1. The van der Waals surface area contributed by atoms with Crippen molar-refractivity contribution in [3.63, 3.8) is 0 Å². The number of benzene rings is 1. The van der Waals surface area contributed by atoms with Crippen molar-refractivity contribution < 1.29 is 23.7 Å². The van der Waals surface area contributed by atoms with Crippen LogP contribution in [0.3, 0.4) is 0 Å². The number of para-hydroxylation sites is 1. The lowest BCUT2D eigenvalue weighted by Gasteiger charge is -2.27. The molecule has 0 spiro atoms. The van der Waals surface area contributed by atoms with Crippen molar-refractivity contribution in [1.82, 2.24) is 9.88 Å². The fourth-order valence-corrected chi connectivity index (χ4v) is 3.89. The van der Waals surface area contributed by atoms with Gasteiger partial charge in [0, 0.05) is 29.5 Å². The molecular formula is C25H34N2O5. The molecule has 32 heavy (non-hydrogen) atoms. The van der Waals surface area contributed by atoms with Crippen LogP contribution in [0.5, 0.6) is 5.75 Å². The fraction of sp³-hybridized carbons (Fsp3) is 0.600. The van der Waals surface area contributed by atoms with Crippen molar-refractivity contribution in [3.05, 3.63) is 35.5 Å². The molecule has 1 saturated carbocycles. The van der Waals surface area contributed by atoms with Crippen LogP contribution in [0.25, 0.3) is 10.9 Å². The molecule has 0 unspecified atom stereocenters. The summed E-state index contributed by atoms with van der Waals surface area (Å²) >= 11 is 0. The van der Waals surface area contributed by atoms with Crippen molar-refractivity contribution in [2.24, 2.45) is 5.41 Å². The Morgan fingerprint density at radius 3 is 2.72 bits per heavy atom. The Morgan fingerprint density at radius 1 is 1.19 bits per heavy atom. The summed E-state index contributed by atoms with van der Waals surface area (Å²) in [5.74, 6) is 0.906. The minimum Gasteiger partial charge on any atom is -0.493 e. The Balaban J connectivity index is 1.34. The molecular weight excluding hydrogens is 408 g/mol. The third kappa shape index (κ3) is 5.51. The van der Waals surface area contributed by atoms with Crippen LogP contribution in [-0.4, -0.2) is 62.1 Å². The highest BCUT2D eigenvalue weighted by Crippen LogP contribution is 2.46. The highest BCUT2D eigenvalue weighted by molar-refractivity contribution is 5.86. The van der Waals surface area contributed by atoms with Crippen LogP contribution in [0.15, 0.2) is 24.3 Å². The summed E-state index contributed by atoms with van der Waals surface area (Å²) in [6.45, 7) is 8.63. The molecule has 1 aromatic heterocycles. The number of carbonyl (C=O) groups is 1. The normalized spacial score (nSPS) is 17.4. The zero-order chi connectivity index (χ0) is 22.4. The third-order valence-corrected chi connectivity index (χ3v) is 6.30. The number of nitrogens with zero attached hydrogens (tertiary/aromatic N) is 2. The van der Waals surface area contributed by atoms with Gasteiger partial charge in [-0.05, 0) is 38.3 Å². The number of rotatable bonds is 10. The Hall–Kier alpha value is -2.38. The molecule has 4 rings (SSSR count). The van der Waals surface area contributed by atoms with Gasteiger partial charge >= 0.3 is 6.09 Å². The number of hydrogen-bond donors (Lipinski definition) is 0. The number of morpholine rings is 1. The van der Waals surface area contributed by atoms with Gasteiger partial charge in [0.2, 0.25) is 0 Å². The number of hydrogen-bond acceptors (Lipinski definition) is 6. The van der Waals surface area contributed by atoms with Gasteiger partial charge in [-0.25, -0.2) is 9.78 Å². The quantitative estimate of drug-likeness (QED) is 0.505. The van der Waals surface area contributed by atoms with Gasteiger partial charge in [-0.2, -0.15) is 0 Å². The first-order valence-corrected chi connectivity index (χ1v) is 11.7. The van der Waals surface area contributed by atoms with Crippen LogP contribution in [0, 0.1) is 12.3 Å². The molecule has 0 N–H and O–H groups in total. The van der Waals surface area contributed by atoms with Gasteiger partial charge in [0.25, 0.3) is 0 Å². The van der Waals surface area contributed by atoms with Crippen LogP contribution in [0.4, 0.5) is 4.79 Å². The topological polar surface area (TPSA) is 70.1 Å². The largest absolute Gasteiger partial charge is 0.493 e. The van der Waals surface area contributed by atoms with E-state index in [0.29, 0.717) is 52.7 Å². The summed E-state index contributed by atoms with van der Waals surface area (Å²) in [5, 5.41) is 1.04. The molecule has 1 aromatic carbocycles. The molecule has 1 aliphatic heterocycles. The summed E-state index contributed by atoms with van der Waals surface area (Å²) in [5.41, 5.74) is 2.79. The molecule has 2 heterocycles. The molecule has 1 saturated heterocycles. The number of amides is 1. The first-order valence-electron chi connectivity index (χ1n) is 11.7. The molecule has 0 bridgehead atoms. The Labute approximate surface area is 190 Å². The maximum Gasteiger partial charge on any atom is 0.409 e. The second kappa shape index (κ2) is 10.5. The van der Waals surface area contributed by atoms with Gasteiger partial charge in [0.15, 0.2) is 0 Å². The first kappa shape index (κ1) is 22.8. The van der Waals surface area contributed by atoms with Crippen LogP contribution in [0.2, 0.25) is 0 Å². The summed E-state index contributed by atoms with van der Waals surface area (Å²) in [4.78, 5) is 18.8. The van der Waals surface area contributed by atoms with E-state index in [0.717, 1.165) is 53.6 Å². The van der Waals surface area contributed by atoms with E-state index >= 15 is 0 Å². The second-order valence-electron chi connectivity index (χ2n) is 8.88. The lowest BCUT2D eigenvalue weighted by molar-refractivity contribution is 0.00711. The lowest BCUT2D eigenvalue weighted by Crippen LogP contribution is -2.41. The van der Waals surface area contributed by atoms with Gasteiger partial charge in [-0.15, -0.1) is 0 Å². The minimum atomic E-state index is -0.250. The molecule has 2 fully saturated rings. The number of aromatic nitrogens is 1. The molecule has 2 aromatic rings. The summed E-state index contributed by atoms with van der Waals surface area (Å²) in [7, 11) is 0. The summed E-state index contributed by atoms with van der Waals surface area (Å²) in [6.07, 6.45) is 3.89. The smallest absolute Gasteiger partial charge is 0.409 e. The first-order chi connectivity index (χ1) is 15.6. The van der Waals surface area contributed by atoms with Gasteiger partial charge < -0.3 is 23.8 Å². The highest BCUT2D eigenvalue weighted by Gasteiger charge is 2.44. The fourth-order valence-electron chi connectivity index (χ4n) is 3.89. The van der Waals surface area contributed by atoms with Crippen LogP contribution < -0.4 is 4.74 Å². The minimum absolute atomic E-state index is 0.0623. The van der Waals surface area contributed by atoms with E-state index in [4.69, 9.17) is 23.9 Å². The molecule has 1 aliphatic carbocycles. The molecule has 0 radical (unpaired) electrons. The van der Waals surface area contributed by atoms with Crippen LogP contribution in [-0.2, 0) is 20.8 Å². The number of ether oxygens (including phenoxy) is 4. The lowest BCUT2D eigenvalue weighted by atomic mass is 10.1. The van der Waals surface area contributed by atoms with E-state index in [-0.39, 0.29) is 11.5 Å². The van der Waals surface area contributed by atoms with E-state index in [2.05, 4.69) is 19.9 Å². The molecule has 7 heteroatoms. The van der Waals surface area contributed by atoms with Crippen molar-refractivity contribution in [2.45, 2.75) is 46.1 Å². The Bertz CT molecular complexity index is 922. The average molecular weight is 443 g/mol. The van der Waals surface area contributed by atoms with Crippen LogP contribution >= 0.6 is 0 Å². The van der Waals surface area contributed by atoms with E-state index in [1.807, 2.05) is 18.2 Å². The Morgan fingerprint density at radius 2 is 1.97 bits per heavy atom. The zero-order valence-corrected chi connectivity index (χ0v) is 19.2. The van der Waals surface area contributed by atoms with Crippen molar-refractivity contribution in [2.75, 3.05) is 46.1 Å². The van der Waals surface area contributed by atoms with Gasteiger partial charge in [-0.3, -0.25) is 0 Å². The van der Waals surface area contributed by atoms with Crippen molar-refractivity contribution in [3.8, 4) is 5.75 Å². The monoisotopic (exact) mass is 442 g/mol. The van der Waals surface area contributed by atoms with Gasteiger partial charge in [-0.1, -0.05) is 25.5 Å². The van der Waals surface area contributed by atoms with Gasteiger partial charge in [0.1, 0.15) is 12.4 Å². The standard InChI is InChI=1S/C25H34N2O5/c1-3-4-13-31-23-19(2)22(26-21-8-6-5-7-20(21)23)16-30-17-25(9-10-25)18-32-24(28)27-11-14-29-15-12-27/h5-8H,3-4,9-18H2,1-2H3. The van der Waals surface area contributed by atoms with E-state index in [1.54, 1.807) is 4.90 Å². The predicted molar refractivity (Wildman–Crippen MR) is 122 cm³/mol. The number of unbranched alkanes of at least 4 members (excludes halogenated alkanes) is 1. The molecule has 7 nitrogen and oxygen atoms in total. The molecule has 1 amide bonds. The predicted octanol–water partition coefficient (Wildman–Crippen LogP) is 4.49. The number of carbonyl (C=O) groups excluding carboxylic acids is 1. The van der Waals surface area contributed by atoms with Gasteiger partial charge in [0.05, 0.1) is 44.2 Å². The summed E-state index contributed by atoms with van der Waals surface area (Å²) in [6, 6.07) is 8.08. The number of fused-ring (bicyclic) bond motifs is 1. The van der Waals surface area contributed by atoms with Crippen molar-refractivity contribution in [1.29, 1.82) is 0 Å². The SMILES string of the molecule is CCCCOc1c(C)c(COCC2(COC(=O)N3CCOCC3)CC2)nc2ccccc12. The average Bonchev–Trinajstić information content (AvgIpc) is 3.60. The highest BCUT2D eigenvalue weighted by atomic mass is 16.6. The molecule has 2 aliphatic rings. The van der Waals surface area contributed by atoms with E-state index in [1.165, 1.54) is 0 Å². The maximum atomic E-state index is 12.3. The number of pyridine rings is 1. The zero-order valence-electron chi connectivity index (χ0n) is 19.2. The van der Waals surface area contributed by atoms with Crippen LogP contribution in [0.1, 0.15) is 43.9 Å². The van der Waals surface area contributed by atoms with E-state index in [9.17, 15) is 4.79 Å². The second-order valence-corrected chi connectivity index (χ2v) is 8.88. The van der Waals surface area contributed by atoms with Crippen molar-refractivity contribution >= 4 is 17.0 Å². The maximum absolute atomic E-state index is 12.3. The van der Waals surface area contributed by atoms with E-state index < -0.39 is 0 Å². The Kier molecular flexibility index (Phi) is 7.48.